The highest BCUT2D eigenvalue weighted by Crippen LogP contribution is 2.43. The molecule has 1 aromatic heterocycles. The molecule has 2 aliphatic rings. The predicted molar refractivity (Wildman–Crippen MR) is 98.8 cm³/mol. The number of amides is 1. The molecule has 1 fully saturated rings. The van der Waals surface area contributed by atoms with E-state index in [-0.39, 0.29) is 18.2 Å². The minimum Gasteiger partial charge on any atom is -0.497 e. The summed E-state index contributed by atoms with van der Waals surface area (Å²) in [5.41, 5.74) is 4.24. The second kappa shape index (κ2) is 5.68. The first-order valence-electron chi connectivity index (χ1n) is 8.55. The summed E-state index contributed by atoms with van der Waals surface area (Å²) in [5, 5.41) is 1.78. The van der Waals surface area contributed by atoms with Crippen molar-refractivity contribution in [1.29, 1.82) is 0 Å². The zero-order valence-corrected chi connectivity index (χ0v) is 14.9. The molecule has 2 aromatic carbocycles. The Kier molecular flexibility index (Phi) is 3.40. The van der Waals surface area contributed by atoms with Gasteiger partial charge in [0.05, 0.1) is 13.2 Å². The number of halogens is 1. The summed E-state index contributed by atoms with van der Waals surface area (Å²) in [6.45, 7) is 0.409. The number of cyclic esters (lactones) is 1. The van der Waals surface area contributed by atoms with Gasteiger partial charge in [0.2, 0.25) is 0 Å². The van der Waals surface area contributed by atoms with E-state index < -0.39 is 0 Å². The number of aromatic amines is 1. The molecule has 132 valence electrons. The zero-order chi connectivity index (χ0) is 17.8. The summed E-state index contributed by atoms with van der Waals surface area (Å²) in [6.07, 6.45) is 0.479. The highest BCUT2D eigenvalue weighted by molar-refractivity contribution is 6.30. The maximum absolute atomic E-state index is 12.4. The number of carbonyl (C=O) groups is 1. The third-order valence-corrected chi connectivity index (χ3v) is 5.54. The Morgan fingerprint density at radius 2 is 2.15 bits per heavy atom. The molecule has 2 atom stereocenters. The van der Waals surface area contributed by atoms with E-state index >= 15 is 0 Å². The van der Waals surface area contributed by atoms with E-state index in [9.17, 15) is 4.79 Å². The van der Waals surface area contributed by atoms with Crippen LogP contribution in [0.15, 0.2) is 42.5 Å². The van der Waals surface area contributed by atoms with Gasteiger partial charge in [0.1, 0.15) is 18.4 Å². The van der Waals surface area contributed by atoms with E-state index in [1.807, 2.05) is 47.4 Å². The van der Waals surface area contributed by atoms with E-state index in [1.165, 1.54) is 5.56 Å². The lowest BCUT2D eigenvalue weighted by Crippen LogP contribution is -2.42. The number of hydrogen-bond donors (Lipinski definition) is 1. The van der Waals surface area contributed by atoms with Crippen LogP contribution in [0.1, 0.15) is 22.9 Å². The van der Waals surface area contributed by atoms with Crippen LogP contribution in [0.5, 0.6) is 5.75 Å². The van der Waals surface area contributed by atoms with Gasteiger partial charge in [0.25, 0.3) is 0 Å². The van der Waals surface area contributed by atoms with E-state index in [0.29, 0.717) is 11.6 Å². The fourth-order valence-corrected chi connectivity index (χ4v) is 4.35. The first kappa shape index (κ1) is 15.6. The molecule has 3 aromatic rings. The zero-order valence-electron chi connectivity index (χ0n) is 14.2. The van der Waals surface area contributed by atoms with Gasteiger partial charge in [-0.15, -0.1) is 0 Å². The molecule has 2 unspecified atom stereocenters. The van der Waals surface area contributed by atoms with Crippen molar-refractivity contribution in [2.75, 3.05) is 13.7 Å². The summed E-state index contributed by atoms with van der Waals surface area (Å²) < 4.78 is 10.7. The number of aromatic nitrogens is 1. The monoisotopic (exact) mass is 368 g/mol. The molecular weight excluding hydrogens is 352 g/mol. The van der Waals surface area contributed by atoms with Gasteiger partial charge in [-0.2, -0.15) is 0 Å². The van der Waals surface area contributed by atoms with Crippen LogP contribution in [0.3, 0.4) is 0 Å². The SMILES string of the molecule is COc1ccc2[nH]c3c(c2c1)CC1COC(=O)N1C3c1cccc(Cl)c1. The van der Waals surface area contributed by atoms with E-state index in [4.69, 9.17) is 21.1 Å². The standard InChI is InChI=1S/C20H17ClN2O3/c1-25-14-5-6-17-15(9-14)16-8-13-10-26-20(24)23(13)19(18(16)22-17)11-3-2-4-12(21)7-11/h2-7,9,13,19,22H,8,10H2,1H3. The molecule has 0 radical (unpaired) electrons. The number of nitrogens with zero attached hydrogens (tertiary/aromatic N) is 1. The molecule has 26 heavy (non-hydrogen) atoms. The second-order valence-corrected chi connectivity index (χ2v) is 7.16. The van der Waals surface area contributed by atoms with Crippen molar-refractivity contribution in [3.05, 3.63) is 64.3 Å². The van der Waals surface area contributed by atoms with Crippen molar-refractivity contribution in [3.8, 4) is 5.75 Å². The van der Waals surface area contributed by atoms with Gasteiger partial charge in [0, 0.05) is 21.6 Å². The maximum Gasteiger partial charge on any atom is 0.411 e. The van der Waals surface area contributed by atoms with Crippen molar-refractivity contribution in [3.63, 3.8) is 0 Å². The van der Waals surface area contributed by atoms with Crippen molar-refractivity contribution >= 4 is 28.6 Å². The van der Waals surface area contributed by atoms with Crippen LogP contribution in [0, 0.1) is 0 Å². The molecular formula is C20H17ClN2O3. The van der Waals surface area contributed by atoms with Gasteiger partial charge in [-0.3, -0.25) is 4.90 Å². The number of carbonyl (C=O) groups excluding carboxylic acids is 1. The number of benzene rings is 2. The van der Waals surface area contributed by atoms with E-state index in [2.05, 4.69) is 4.98 Å². The van der Waals surface area contributed by atoms with E-state index in [1.54, 1.807) is 7.11 Å². The summed E-state index contributed by atoms with van der Waals surface area (Å²) in [6, 6.07) is 13.4. The highest BCUT2D eigenvalue weighted by Gasteiger charge is 2.45. The largest absolute Gasteiger partial charge is 0.497 e. The molecule has 5 nitrogen and oxygen atoms in total. The molecule has 0 saturated carbocycles. The van der Waals surface area contributed by atoms with Crippen LogP contribution in [0.4, 0.5) is 4.79 Å². The minimum atomic E-state index is -0.276. The van der Waals surface area contributed by atoms with Crippen LogP contribution in [0.25, 0.3) is 10.9 Å². The highest BCUT2D eigenvalue weighted by atomic mass is 35.5. The summed E-state index contributed by atoms with van der Waals surface area (Å²) in [4.78, 5) is 17.8. The molecule has 1 N–H and O–H groups in total. The quantitative estimate of drug-likeness (QED) is 0.733. The Morgan fingerprint density at radius 3 is 2.96 bits per heavy atom. The number of fused-ring (bicyclic) bond motifs is 4. The molecule has 2 aliphatic heterocycles. The second-order valence-electron chi connectivity index (χ2n) is 6.73. The van der Waals surface area contributed by atoms with Crippen LogP contribution in [-0.4, -0.2) is 35.7 Å². The number of hydrogen-bond acceptors (Lipinski definition) is 3. The molecule has 1 saturated heterocycles. The summed E-state index contributed by atoms with van der Waals surface area (Å²) in [7, 11) is 1.67. The van der Waals surface area contributed by atoms with Crippen LogP contribution < -0.4 is 4.74 Å². The molecule has 0 bridgehead atoms. The number of nitrogens with one attached hydrogen (secondary N) is 1. The maximum atomic E-state index is 12.4. The minimum absolute atomic E-state index is 0.0178. The fraction of sp³-hybridized carbons (Fsp3) is 0.250. The van der Waals surface area contributed by atoms with Crippen molar-refractivity contribution in [2.24, 2.45) is 0 Å². The lowest BCUT2D eigenvalue weighted by molar-refractivity contribution is 0.147. The molecule has 0 spiro atoms. The van der Waals surface area contributed by atoms with Gasteiger partial charge < -0.3 is 14.5 Å². The summed E-state index contributed by atoms with van der Waals surface area (Å²) >= 11 is 6.23. The Bertz CT molecular complexity index is 1030. The Morgan fingerprint density at radius 1 is 1.27 bits per heavy atom. The number of methoxy groups -OCH3 is 1. The lowest BCUT2D eigenvalue weighted by Gasteiger charge is -2.35. The third kappa shape index (κ3) is 2.20. The normalized spacial score (nSPS) is 21.5. The van der Waals surface area contributed by atoms with E-state index in [0.717, 1.165) is 34.3 Å². The van der Waals surface area contributed by atoms with Gasteiger partial charge in [-0.05, 0) is 47.9 Å². The third-order valence-electron chi connectivity index (χ3n) is 5.31. The average Bonchev–Trinajstić information content (AvgIpc) is 3.20. The lowest BCUT2D eigenvalue weighted by atomic mass is 9.89. The van der Waals surface area contributed by atoms with Crippen molar-refractivity contribution in [2.45, 2.75) is 18.5 Å². The first-order valence-corrected chi connectivity index (χ1v) is 8.92. The molecule has 3 heterocycles. The van der Waals surface area contributed by atoms with Gasteiger partial charge in [-0.1, -0.05) is 23.7 Å². The van der Waals surface area contributed by atoms with Gasteiger partial charge in [-0.25, -0.2) is 4.79 Å². The number of rotatable bonds is 2. The Balaban J connectivity index is 1.75. The predicted octanol–water partition coefficient (Wildman–Crippen LogP) is 4.30. The smallest absolute Gasteiger partial charge is 0.411 e. The van der Waals surface area contributed by atoms with Crippen LogP contribution >= 0.6 is 11.6 Å². The first-order chi connectivity index (χ1) is 12.7. The summed E-state index contributed by atoms with van der Waals surface area (Å²) in [5.74, 6) is 0.819. The van der Waals surface area contributed by atoms with Crippen LogP contribution in [0.2, 0.25) is 5.02 Å². The molecule has 6 heteroatoms. The Hall–Kier alpha value is -2.66. The van der Waals surface area contributed by atoms with Gasteiger partial charge >= 0.3 is 6.09 Å². The van der Waals surface area contributed by atoms with Gasteiger partial charge in [0.15, 0.2) is 0 Å². The van der Waals surface area contributed by atoms with Crippen molar-refractivity contribution < 1.29 is 14.3 Å². The number of ether oxygens (including phenoxy) is 2. The fourth-order valence-electron chi connectivity index (χ4n) is 4.15. The number of H-pyrrole nitrogens is 1. The molecule has 0 aliphatic carbocycles. The van der Waals surface area contributed by atoms with Crippen molar-refractivity contribution in [1.82, 2.24) is 9.88 Å². The molecule has 1 amide bonds. The average molecular weight is 369 g/mol. The van der Waals surface area contributed by atoms with Crippen LogP contribution in [-0.2, 0) is 11.2 Å². The Labute approximate surface area is 155 Å². The molecule has 5 rings (SSSR count). The topological polar surface area (TPSA) is 54.6 Å².